The number of carboxylic acid groups (broad SMARTS) is 1. The SMILES string of the molecule is CC(C)C(=O)O[C@@H](OC(=O)NC[C@H](Oc1ccccc1Cl)C(=O)O)C(C)C. The summed E-state index contributed by atoms with van der Waals surface area (Å²) in [5.74, 6) is -2.28. The van der Waals surface area contributed by atoms with Crippen molar-refractivity contribution < 1.29 is 33.7 Å². The number of carbonyl (C=O) groups excluding carboxylic acids is 2. The lowest BCUT2D eigenvalue weighted by atomic mass is 10.2. The maximum atomic E-state index is 12.0. The normalized spacial score (nSPS) is 13.0. The van der Waals surface area contributed by atoms with E-state index < -0.39 is 30.4 Å². The molecule has 0 aliphatic heterocycles. The highest BCUT2D eigenvalue weighted by Crippen LogP contribution is 2.24. The first-order chi connectivity index (χ1) is 12.6. The molecule has 8 nitrogen and oxygen atoms in total. The maximum absolute atomic E-state index is 12.0. The highest BCUT2D eigenvalue weighted by Gasteiger charge is 2.26. The van der Waals surface area contributed by atoms with Crippen molar-refractivity contribution in [1.82, 2.24) is 5.32 Å². The molecule has 2 atom stereocenters. The van der Waals surface area contributed by atoms with Crippen LogP contribution in [0, 0.1) is 11.8 Å². The number of esters is 1. The summed E-state index contributed by atoms with van der Waals surface area (Å²) in [6, 6.07) is 6.37. The maximum Gasteiger partial charge on any atom is 0.410 e. The lowest BCUT2D eigenvalue weighted by molar-refractivity contribution is -0.178. The second kappa shape index (κ2) is 10.6. The summed E-state index contributed by atoms with van der Waals surface area (Å²) in [5.41, 5.74) is 0. The summed E-state index contributed by atoms with van der Waals surface area (Å²) in [4.78, 5) is 35.0. The fourth-order valence-electron chi connectivity index (χ4n) is 1.74. The summed E-state index contributed by atoms with van der Waals surface area (Å²) in [6.07, 6.45) is -3.40. The molecular formula is C18H24ClNO7. The van der Waals surface area contributed by atoms with Crippen LogP contribution in [0.5, 0.6) is 5.75 Å². The molecule has 0 aromatic heterocycles. The summed E-state index contributed by atoms with van der Waals surface area (Å²) in [5, 5.41) is 11.8. The zero-order valence-electron chi connectivity index (χ0n) is 15.6. The van der Waals surface area contributed by atoms with Crippen LogP contribution in [-0.2, 0) is 19.1 Å². The van der Waals surface area contributed by atoms with E-state index in [1.807, 2.05) is 0 Å². The quantitative estimate of drug-likeness (QED) is 0.483. The summed E-state index contributed by atoms with van der Waals surface area (Å²) in [7, 11) is 0. The molecule has 0 bridgehead atoms. The molecule has 27 heavy (non-hydrogen) atoms. The van der Waals surface area contributed by atoms with E-state index in [-0.39, 0.29) is 29.2 Å². The molecule has 0 saturated carbocycles. The molecule has 0 unspecified atom stereocenters. The van der Waals surface area contributed by atoms with E-state index in [2.05, 4.69) is 5.32 Å². The zero-order valence-corrected chi connectivity index (χ0v) is 16.4. The molecule has 0 spiro atoms. The Morgan fingerprint density at radius 2 is 1.74 bits per heavy atom. The number of rotatable bonds is 9. The number of para-hydroxylation sites is 1. The number of amides is 1. The van der Waals surface area contributed by atoms with E-state index in [1.54, 1.807) is 45.9 Å². The van der Waals surface area contributed by atoms with Gasteiger partial charge in [0.25, 0.3) is 6.29 Å². The Labute approximate surface area is 162 Å². The third kappa shape index (κ3) is 7.74. The van der Waals surface area contributed by atoms with Crippen LogP contribution in [0.2, 0.25) is 5.02 Å². The zero-order chi connectivity index (χ0) is 20.6. The predicted molar refractivity (Wildman–Crippen MR) is 97.5 cm³/mol. The molecule has 0 fully saturated rings. The van der Waals surface area contributed by atoms with Crippen molar-refractivity contribution in [2.75, 3.05) is 6.54 Å². The summed E-state index contributed by atoms with van der Waals surface area (Å²) in [6.45, 7) is 6.37. The Morgan fingerprint density at radius 1 is 1.11 bits per heavy atom. The van der Waals surface area contributed by atoms with Crippen LogP contribution >= 0.6 is 11.6 Å². The van der Waals surface area contributed by atoms with Gasteiger partial charge >= 0.3 is 18.0 Å². The lowest BCUT2D eigenvalue weighted by Gasteiger charge is -2.23. The van der Waals surface area contributed by atoms with E-state index in [1.165, 1.54) is 6.07 Å². The number of aliphatic carboxylic acids is 1. The van der Waals surface area contributed by atoms with Gasteiger partial charge in [-0.2, -0.15) is 0 Å². The molecule has 0 saturated heterocycles. The van der Waals surface area contributed by atoms with E-state index in [9.17, 15) is 19.5 Å². The van der Waals surface area contributed by atoms with Crippen LogP contribution < -0.4 is 10.1 Å². The van der Waals surface area contributed by atoms with E-state index in [4.69, 9.17) is 25.8 Å². The Hall–Kier alpha value is -2.48. The largest absolute Gasteiger partial charge is 0.478 e. The first-order valence-corrected chi connectivity index (χ1v) is 8.78. The standard InChI is InChI=1S/C18H24ClNO7/c1-10(2)16(23)26-17(11(3)4)27-18(24)20-9-14(15(21)22)25-13-8-6-5-7-12(13)19/h5-8,10-11,14,17H,9H2,1-4H3,(H,20,24)(H,21,22)/t14-,17-/m0/s1. The predicted octanol–water partition coefficient (Wildman–Crippen LogP) is 3.08. The van der Waals surface area contributed by atoms with Gasteiger partial charge in [-0.15, -0.1) is 0 Å². The van der Waals surface area contributed by atoms with Crippen LogP contribution in [-0.4, -0.2) is 42.1 Å². The number of ether oxygens (including phenoxy) is 3. The molecule has 0 heterocycles. The van der Waals surface area contributed by atoms with Crippen LogP contribution in [0.15, 0.2) is 24.3 Å². The topological polar surface area (TPSA) is 111 Å². The Kier molecular flexibility index (Phi) is 8.87. The first kappa shape index (κ1) is 22.6. The van der Waals surface area contributed by atoms with Gasteiger partial charge < -0.3 is 24.6 Å². The Balaban J connectivity index is 2.64. The van der Waals surface area contributed by atoms with Gasteiger partial charge in [0.15, 0.2) is 0 Å². The molecule has 1 rings (SSSR count). The van der Waals surface area contributed by atoms with Gasteiger partial charge in [-0.1, -0.05) is 51.4 Å². The second-order valence-electron chi connectivity index (χ2n) is 6.37. The molecule has 0 aliphatic carbocycles. The minimum Gasteiger partial charge on any atom is -0.478 e. The Bertz CT molecular complexity index is 663. The van der Waals surface area contributed by atoms with Gasteiger partial charge in [0.1, 0.15) is 5.75 Å². The van der Waals surface area contributed by atoms with Gasteiger partial charge in [-0.3, -0.25) is 4.79 Å². The fraction of sp³-hybridized carbons (Fsp3) is 0.500. The molecule has 1 amide bonds. The highest BCUT2D eigenvalue weighted by atomic mass is 35.5. The molecule has 1 aromatic carbocycles. The summed E-state index contributed by atoms with van der Waals surface area (Å²) >= 11 is 5.93. The highest BCUT2D eigenvalue weighted by molar-refractivity contribution is 6.32. The number of nitrogens with one attached hydrogen (secondary N) is 1. The Morgan fingerprint density at radius 3 is 2.26 bits per heavy atom. The van der Waals surface area contributed by atoms with Crippen molar-refractivity contribution in [3.63, 3.8) is 0 Å². The van der Waals surface area contributed by atoms with E-state index >= 15 is 0 Å². The van der Waals surface area contributed by atoms with E-state index in [0.29, 0.717) is 0 Å². The van der Waals surface area contributed by atoms with Crippen molar-refractivity contribution in [3.8, 4) is 5.75 Å². The monoisotopic (exact) mass is 401 g/mol. The average Bonchev–Trinajstić information content (AvgIpc) is 2.58. The fourth-order valence-corrected chi connectivity index (χ4v) is 1.92. The van der Waals surface area contributed by atoms with Crippen LogP contribution in [0.3, 0.4) is 0 Å². The molecule has 0 radical (unpaired) electrons. The third-order valence-corrected chi connectivity index (χ3v) is 3.60. The van der Waals surface area contributed by atoms with E-state index in [0.717, 1.165) is 0 Å². The molecular weight excluding hydrogens is 378 g/mol. The van der Waals surface area contributed by atoms with Crippen molar-refractivity contribution in [3.05, 3.63) is 29.3 Å². The number of alkyl carbamates (subject to hydrolysis) is 1. The van der Waals surface area contributed by atoms with Gasteiger partial charge in [0.05, 0.1) is 17.5 Å². The summed E-state index contributed by atoms with van der Waals surface area (Å²) < 4.78 is 15.5. The van der Waals surface area contributed by atoms with Crippen molar-refractivity contribution in [2.24, 2.45) is 11.8 Å². The lowest BCUT2D eigenvalue weighted by Crippen LogP contribution is -2.42. The third-order valence-electron chi connectivity index (χ3n) is 3.28. The minimum absolute atomic E-state index is 0.174. The smallest absolute Gasteiger partial charge is 0.410 e. The molecule has 2 N–H and O–H groups in total. The van der Waals surface area contributed by atoms with Gasteiger partial charge in [-0.05, 0) is 12.1 Å². The first-order valence-electron chi connectivity index (χ1n) is 8.40. The van der Waals surface area contributed by atoms with Gasteiger partial charge in [0.2, 0.25) is 6.10 Å². The molecule has 150 valence electrons. The number of hydrogen-bond acceptors (Lipinski definition) is 6. The number of carboxylic acids is 1. The molecule has 1 aromatic rings. The van der Waals surface area contributed by atoms with Crippen LogP contribution in [0.1, 0.15) is 27.7 Å². The van der Waals surface area contributed by atoms with Gasteiger partial charge in [-0.25, -0.2) is 9.59 Å². The second-order valence-corrected chi connectivity index (χ2v) is 6.77. The number of carbonyl (C=O) groups is 3. The van der Waals surface area contributed by atoms with Crippen molar-refractivity contribution >= 4 is 29.6 Å². The molecule has 0 aliphatic rings. The average molecular weight is 402 g/mol. The van der Waals surface area contributed by atoms with Gasteiger partial charge in [0, 0.05) is 5.92 Å². The van der Waals surface area contributed by atoms with Crippen LogP contribution in [0.25, 0.3) is 0 Å². The van der Waals surface area contributed by atoms with Crippen molar-refractivity contribution in [2.45, 2.75) is 40.1 Å². The number of hydrogen-bond donors (Lipinski definition) is 2. The number of benzene rings is 1. The molecule has 9 heteroatoms. The van der Waals surface area contributed by atoms with Crippen molar-refractivity contribution in [1.29, 1.82) is 0 Å². The number of halogens is 1. The van der Waals surface area contributed by atoms with Crippen LogP contribution in [0.4, 0.5) is 4.79 Å². The minimum atomic E-state index is -1.38.